The first-order valence-corrected chi connectivity index (χ1v) is 9.82. The van der Waals surface area contributed by atoms with E-state index in [0.717, 1.165) is 11.1 Å². The average molecular weight is 413 g/mol. The summed E-state index contributed by atoms with van der Waals surface area (Å²) < 4.78 is 15.7. The molecule has 1 N–H and O–H groups in total. The number of aryl methyl sites for hydroxylation is 2. The van der Waals surface area contributed by atoms with Gasteiger partial charge in [-0.2, -0.15) is 0 Å². The second kappa shape index (κ2) is 11.2. The number of methoxy groups -OCH3 is 1. The summed E-state index contributed by atoms with van der Waals surface area (Å²) in [4.78, 5) is 26.0. The molecule has 1 aliphatic rings. The number of hydrogen-bond acceptors (Lipinski definition) is 5. The summed E-state index contributed by atoms with van der Waals surface area (Å²) >= 11 is 6.14. The van der Waals surface area contributed by atoms with E-state index in [1.54, 1.807) is 12.0 Å². The van der Waals surface area contributed by atoms with Crippen molar-refractivity contribution in [2.24, 2.45) is 0 Å². The fourth-order valence-electron chi connectivity index (χ4n) is 3.07. The lowest BCUT2D eigenvalue weighted by atomic mass is 10.1. The van der Waals surface area contributed by atoms with Crippen LogP contribution in [0.5, 0.6) is 5.75 Å². The van der Waals surface area contributed by atoms with E-state index in [4.69, 9.17) is 25.8 Å². The highest BCUT2D eigenvalue weighted by Gasteiger charge is 2.24. The van der Waals surface area contributed by atoms with Gasteiger partial charge in [-0.15, -0.1) is 0 Å². The maximum absolute atomic E-state index is 12.2. The molecule has 0 aromatic heterocycles. The van der Waals surface area contributed by atoms with Crippen molar-refractivity contribution in [2.45, 2.75) is 32.7 Å². The van der Waals surface area contributed by atoms with Crippen LogP contribution in [-0.2, 0) is 19.1 Å². The third-order valence-electron chi connectivity index (χ3n) is 4.65. The molecule has 1 heterocycles. The number of nitrogens with one attached hydrogen (secondary N) is 1. The molecule has 1 saturated heterocycles. The molecule has 2 rings (SSSR count). The van der Waals surface area contributed by atoms with Crippen LogP contribution in [0.3, 0.4) is 0 Å². The predicted octanol–water partition coefficient (Wildman–Crippen LogP) is 2.11. The number of hydrogen-bond donors (Lipinski definition) is 1. The van der Waals surface area contributed by atoms with E-state index >= 15 is 0 Å². The van der Waals surface area contributed by atoms with Gasteiger partial charge >= 0.3 is 0 Å². The van der Waals surface area contributed by atoms with E-state index in [-0.39, 0.29) is 31.1 Å². The van der Waals surface area contributed by atoms with Crippen molar-refractivity contribution in [3.63, 3.8) is 0 Å². The van der Waals surface area contributed by atoms with Crippen LogP contribution in [0, 0.1) is 13.8 Å². The zero-order valence-corrected chi connectivity index (χ0v) is 17.5. The van der Waals surface area contributed by atoms with Gasteiger partial charge in [0.2, 0.25) is 5.91 Å². The van der Waals surface area contributed by atoms with Crippen LogP contribution in [0.2, 0.25) is 5.02 Å². The molecule has 1 aliphatic heterocycles. The lowest BCUT2D eigenvalue weighted by Gasteiger charge is -2.32. The van der Waals surface area contributed by atoms with E-state index < -0.39 is 0 Å². The van der Waals surface area contributed by atoms with Crippen molar-refractivity contribution >= 4 is 23.4 Å². The normalized spacial score (nSPS) is 14.8. The summed E-state index contributed by atoms with van der Waals surface area (Å²) in [6.07, 6.45) is 1.43. The van der Waals surface area contributed by atoms with Crippen molar-refractivity contribution in [2.75, 3.05) is 46.6 Å². The number of rotatable bonds is 9. The maximum Gasteiger partial charge on any atom is 0.258 e. The van der Waals surface area contributed by atoms with Crippen LogP contribution < -0.4 is 10.1 Å². The van der Waals surface area contributed by atoms with Gasteiger partial charge in [0.15, 0.2) is 6.61 Å². The van der Waals surface area contributed by atoms with E-state index in [2.05, 4.69) is 5.32 Å². The van der Waals surface area contributed by atoms with Gasteiger partial charge in [-0.3, -0.25) is 9.59 Å². The van der Waals surface area contributed by atoms with E-state index in [1.165, 1.54) is 0 Å². The minimum Gasteiger partial charge on any atom is -0.484 e. The zero-order chi connectivity index (χ0) is 20.5. The number of ether oxygens (including phenoxy) is 3. The maximum atomic E-state index is 12.2. The number of piperidine rings is 1. The average Bonchev–Trinajstić information content (AvgIpc) is 2.68. The van der Waals surface area contributed by atoms with Crippen molar-refractivity contribution in [1.82, 2.24) is 10.2 Å². The van der Waals surface area contributed by atoms with Gasteiger partial charge in [-0.1, -0.05) is 11.6 Å². The van der Waals surface area contributed by atoms with Gasteiger partial charge in [0, 0.05) is 31.3 Å². The molecule has 1 fully saturated rings. The van der Waals surface area contributed by atoms with Gasteiger partial charge < -0.3 is 24.4 Å². The summed E-state index contributed by atoms with van der Waals surface area (Å²) in [5.41, 5.74) is 1.83. The lowest BCUT2D eigenvalue weighted by molar-refractivity contribution is -0.137. The van der Waals surface area contributed by atoms with Gasteiger partial charge in [0.25, 0.3) is 5.91 Å². The van der Waals surface area contributed by atoms with Crippen LogP contribution in [-0.4, -0.2) is 69.4 Å². The Morgan fingerprint density at radius 1 is 1.14 bits per heavy atom. The molecule has 1 aromatic carbocycles. The summed E-state index contributed by atoms with van der Waals surface area (Å²) in [6.45, 7) is 5.91. The molecule has 0 atom stereocenters. The molecule has 28 heavy (non-hydrogen) atoms. The highest BCUT2D eigenvalue weighted by atomic mass is 35.5. The lowest BCUT2D eigenvalue weighted by Crippen LogP contribution is -2.48. The Hall–Kier alpha value is -1.83. The Bertz CT molecular complexity index is 652. The van der Waals surface area contributed by atoms with Gasteiger partial charge in [0.1, 0.15) is 12.4 Å². The highest BCUT2D eigenvalue weighted by molar-refractivity contribution is 6.32. The van der Waals surface area contributed by atoms with Crippen LogP contribution in [0.15, 0.2) is 12.1 Å². The molecular formula is C20H29ClN2O5. The molecule has 1 aromatic rings. The summed E-state index contributed by atoms with van der Waals surface area (Å²) in [6, 6.07) is 3.69. The first kappa shape index (κ1) is 22.5. The van der Waals surface area contributed by atoms with E-state index in [1.807, 2.05) is 26.0 Å². The number of halogens is 1. The van der Waals surface area contributed by atoms with Crippen LogP contribution in [0.1, 0.15) is 24.0 Å². The van der Waals surface area contributed by atoms with Crippen LogP contribution >= 0.6 is 11.6 Å². The molecule has 0 saturated carbocycles. The number of carbonyl (C=O) groups excluding carboxylic acids is 2. The fourth-order valence-corrected chi connectivity index (χ4v) is 3.18. The molecule has 0 bridgehead atoms. The van der Waals surface area contributed by atoms with E-state index in [0.29, 0.717) is 49.9 Å². The number of benzene rings is 1. The molecule has 156 valence electrons. The zero-order valence-electron chi connectivity index (χ0n) is 16.8. The Balaban J connectivity index is 1.68. The molecular weight excluding hydrogens is 384 g/mol. The number of nitrogens with zero attached hydrogens (tertiary/aromatic N) is 1. The number of amides is 2. The largest absolute Gasteiger partial charge is 0.484 e. The highest BCUT2D eigenvalue weighted by Crippen LogP contribution is 2.25. The van der Waals surface area contributed by atoms with Crippen molar-refractivity contribution in [1.29, 1.82) is 0 Å². The first-order chi connectivity index (χ1) is 13.4. The summed E-state index contributed by atoms with van der Waals surface area (Å²) in [5, 5.41) is 3.68. The third kappa shape index (κ3) is 6.96. The SMILES string of the molecule is COCCOCC(=O)N1CCC(NC(=O)COc2cc(C)c(Cl)c(C)c2)CC1. The van der Waals surface area contributed by atoms with E-state index in [9.17, 15) is 9.59 Å². The minimum atomic E-state index is -0.169. The summed E-state index contributed by atoms with van der Waals surface area (Å²) in [7, 11) is 1.59. The van der Waals surface area contributed by atoms with Crippen molar-refractivity contribution in [3.8, 4) is 5.75 Å². The predicted molar refractivity (Wildman–Crippen MR) is 107 cm³/mol. The van der Waals surface area contributed by atoms with Crippen LogP contribution in [0.25, 0.3) is 0 Å². The molecule has 0 unspecified atom stereocenters. The fraction of sp³-hybridized carbons (Fsp3) is 0.600. The quantitative estimate of drug-likeness (QED) is 0.628. The second-order valence-electron chi connectivity index (χ2n) is 6.93. The smallest absolute Gasteiger partial charge is 0.258 e. The van der Waals surface area contributed by atoms with Gasteiger partial charge in [-0.05, 0) is 49.9 Å². The number of likely N-dealkylation sites (tertiary alicyclic amines) is 1. The standard InChI is InChI=1S/C20H29ClN2O5/c1-14-10-17(11-15(2)20(14)21)28-12-18(24)22-16-4-6-23(7-5-16)19(25)13-27-9-8-26-3/h10-11,16H,4-9,12-13H2,1-3H3,(H,22,24). The third-order valence-corrected chi connectivity index (χ3v) is 5.25. The first-order valence-electron chi connectivity index (χ1n) is 9.44. The van der Waals surface area contributed by atoms with Crippen LogP contribution in [0.4, 0.5) is 0 Å². The Morgan fingerprint density at radius 2 is 1.79 bits per heavy atom. The summed E-state index contributed by atoms with van der Waals surface area (Å²) in [5.74, 6) is 0.430. The minimum absolute atomic E-state index is 0.0299. The number of carbonyl (C=O) groups is 2. The Kier molecular flexibility index (Phi) is 9.02. The monoisotopic (exact) mass is 412 g/mol. The van der Waals surface area contributed by atoms with Crippen molar-refractivity contribution < 1.29 is 23.8 Å². The molecule has 8 heteroatoms. The molecule has 0 aliphatic carbocycles. The van der Waals surface area contributed by atoms with Crippen molar-refractivity contribution in [3.05, 3.63) is 28.3 Å². The Labute approximate surface area is 171 Å². The van der Waals surface area contributed by atoms with Gasteiger partial charge in [0.05, 0.1) is 13.2 Å². The topological polar surface area (TPSA) is 77.1 Å². The van der Waals surface area contributed by atoms with Gasteiger partial charge in [-0.25, -0.2) is 0 Å². The molecule has 0 radical (unpaired) electrons. The molecule has 7 nitrogen and oxygen atoms in total. The second-order valence-corrected chi connectivity index (χ2v) is 7.31. The molecule has 2 amide bonds. The molecule has 0 spiro atoms. The Morgan fingerprint density at radius 3 is 2.39 bits per heavy atom.